The van der Waals surface area contributed by atoms with Gasteiger partial charge in [0, 0.05) is 31.3 Å². The van der Waals surface area contributed by atoms with Gasteiger partial charge in [0.15, 0.2) is 12.1 Å². The van der Waals surface area contributed by atoms with Crippen LogP contribution >= 0.6 is 0 Å². The van der Waals surface area contributed by atoms with Crippen LogP contribution in [0.1, 0.15) is 128 Å². The maximum Gasteiger partial charge on any atom is 0.339 e. The van der Waals surface area contributed by atoms with Crippen molar-refractivity contribution in [1.82, 2.24) is 10.6 Å². The van der Waals surface area contributed by atoms with E-state index in [0.717, 1.165) is 38.5 Å². The summed E-state index contributed by atoms with van der Waals surface area (Å²) in [5, 5.41) is 65.9. The molecule has 1 aromatic rings. The minimum absolute atomic E-state index is 0.0450. The van der Waals surface area contributed by atoms with Gasteiger partial charge in [0.25, 0.3) is 0 Å². The Kier molecular flexibility index (Phi) is 21.0. The lowest BCUT2D eigenvalue weighted by molar-refractivity contribution is -0.298. The van der Waals surface area contributed by atoms with Gasteiger partial charge in [-0.05, 0) is 64.7 Å². The molecule has 4 rings (SSSR count). The molecule has 11 unspecified atom stereocenters. The Morgan fingerprint density at radius 1 is 0.938 bits per heavy atom. The molecule has 1 aromatic carbocycles. The van der Waals surface area contributed by atoms with Gasteiger partial charge in [0.1, 0.15) is 54.4 Å². The Morgan fingerprint density at radius 2 is 1.62 bits per heavy atom. The Balaban J connectivity index is 1.54. The fourth-order valence-corrected chi connectivity index (χ4v) is 7.98. The summed E-state index contributed by atoms with van der Waals surface area (Å²) in [6.45, 7) is 9.42. The fraction of sp³-hybridized carbons (Fsp3) is 0.702. The van der Waals surface area contributed by atoms with Gasteiger partial charge >= 0.3 is 11.9 Å². The predicted molar refractivity (Wildman–Crippen MR) is 236 cm³/mol. The van der Waals surface area contributed by atoms with Gasteiger partial charge in [-0.1, -0.05) is 69.9 Å². The molecule has 3 aliphatic rings. The molecule has 2 saturated heterocycles. The second-order valence-corrected chi connectivity index (χ2v) is 18.1. The highest BCUT2D eigenvalue weighted by Crippen LogP contribution is 2.43. The minimum Gasteiger partial charge on any atom is -0.460 e. The molecule has 18 nitrogen and oxygen atoms in total. The number of benzene rings is 1. The van der Waals surface area contributed by atoms with Crippen molar-refractivity contribution in [2.45, 2.75) is 191 Å². The number of aliphatic hydroxyl groups excluding tert-OH is 6. The molecular formula is C47H72N2O16. The highest BCUT2D eigenvalue weighted by Gasteiger charge is 2.53. The Bertz CT molecular complexity index is 1750. The SMILES string of the molecule is CCCCCC1(CCCCC)OC2C=C(C(=O)NC(C(=O)NC(CO)CCC(=O)OC(C)(C)C)C(C)O)CC(OC(=O)c3ccccc3C=CCOC3OC(CO)C(O)C(O)C3O)C2O1. The number of nitrogens with one attached hydrogen (secondary N) is 2. The van der Waals surface area contributed by atoms with Crippen LogP contribution in [0.2, 0.25) is 0 Å². The first-order valence-electron chi connectivity index (χ1n) is 22.9. The van der Waals surface area contributed by atoms with E-state index >= 15 is 0 Å². The normalized spacial score (nSPS) is 26.7. The summed E-state index contributed by atoms with van der Waals surface area (Å²) < 4.78 is 36.0. The van der Waals surface area contributed by atoms with Crippen molar-refractivity contribution in [3.05, 3.63) is 53.1 Å². The van der Waals surface area contributed by atoms with E-state index < -0.39 is 116 Å². The summed E-state index contributed by atoms with van der Waals surface area (Å²) in [7, 11) is 0. The molecular weight excluding hydrogens is 849 g/mol. The van der Waals surface area contributed by atoms with Crippen molar-refractivity contribution >= 4 is 29.8 Å². The molecule has 18 heteroatoms. The molecule has 0 spiro atoms. The smallest absolute Gasteiger partial charge is 0.339 e. The van der Waals surface area contributed by atoms with Crippen molar-refractivity contribution in [2.24, 2.45) is 0 Å². The number of amides is 2. The van der Waals surface area contributed by atoms with Crippen molar-refractivity contribution in [1.29, 1.82) is 0 Å². The molecule has 2 fully saturated rings. The first-order valence-corrected chi connectivity index (χ1v) is 22.9. The lowest BCUT2D eigenvalue weighted by Gasteiger charge is -2.39. The molecule has 0 aromatic heterocycles. The minimum atomic E-state index is -1.61. The third-order valence-corrected chi connectivity index (χ3v) is 11.5. The van der Waals surface area contributed by atoms with Gasteiger partial charge in [-0.2, -0.15) is 0 Å². The number of esters is 2. The summed E-state index contributed by atoms with van der Waals surface area (Å²) in [5.74, 6) is -3.76. The maximum absolute atomic E-state index is 14.1. The molecule has 0 bridgehead atoms. The summed E-state index contributed by atoms with van der Waals surface area (Å²) in [5.41, 5.74) is 0.0174. The van der Waals surface area contributed by atoms with Gasteiger partial charge in [0.05, 0.1) is 37.5 Å². The third kappa shape index (κ3) is 15.6. The average Bonchev–Trinajstić information content (AvgIpc) is 3.63. The van der Waals surface area contributed by atoms with E-state index in [1.165, 1.54) is 6.92 Å². The van der Waals surface area contributed by atoms with Crippen molar-refractivity contribution in [3.63, 3.8) is 0 Å². The molecule has 11 atom stereocenters. The molecule has 366 valence electrons. The Labute approximate surface area is 381 Å². The van der Waals surface area contributed by atoms with Crippen LogP contribution in [-0.2, 0) is 42.8 Å². The van der Waals surface area contributed by atoms with E-state index in [0.29, 0.717) is 18.4 Å². The van der Waals surface area contributed by atoms with E-state index in [1.54, 1.807) is 63.3 Å². The second-order valence-electron chi connectivity index (χ2n) is 18.1. The number of aliphatic hydroxyl groups is 6. The topological polar surface area (TPSA) is 269 Å². The number of fused-ring (bicyclic) bond motifs is 1. The molecule has 2 aliphatic heterocycles. The van der Waals surface area contributed by atoms with Crippen LogP contribution in [0.15, 0.2) is 42.0 Å². The number of carbonyl (C=O) groups is 4. The van der Waals surface area contributed by atoms with E-state index in [2.05, 4.69) is 24.5 Å². The zero-order chi connectivity index (χ0) is 47.9. The highest BCUT2D eigenvalue weighted by molar-refractivity contribution is 5.98. The van der Waals surface area contributed by atoms with Gasteiger partial charge in [-0.25, -0.2) is 4.79 Å². The number of hydrogen-bond donors (Lipinski definition) is 8. The highest BCUT2D eigenvalue weighted by atomic mass is 16.8. The lowest BCUT2D eigenvalue weighted by Crippen LogP contribution is -2.59. The van der Waals surface area contributed by atoms with E-state index in [9.17, 15) is 49.8 Å². The van der Waals surface area contributed by atoms with Gasteiger partial charge in [0.2, 0.25) is 11.8 Å². The summed E-state index contributed by atoms with van der Waals surface area (Å²) in [6.07, 6.45) is -0.0341. The number of hydrogen-bond acceptors (Lipinski definition) is 16. The van der Waals surface area contributed by atoms with Gasteiger partial charge in [-0.3, -0.25) is 14.4 Å². The molecule has 2 amide bonds. The lowest BCUT2D eigenvalue weighted by atomic mass is 9.91. The quantitative estimate of drug-likeness (QED) is 0.0547. The van der Waals surface area contributed by atoms with Crippen LogP contribution in [-0.4, -0.2) is 153 Å². The van der Waals surface area contributed by atoms with Crippen LogP contribution in [0.5, 0.6) is 0 Å². The fourth-order valence-electron chi connectivity index (χ4n) is 7.98. The summed E-state index contributed by atoms with van der Waals surface area (Å²) in [6, 6.07) is 4.26. The Hall–Kier alpha value is -3.82. The predicted octanol–water partition coefficient (Wildman–Crippen LogP) is 2.48. The molecule has 0 radical (unpaired) electrons. The van der Waals surface area contributed by atoms with E-state index in [1.807, 2.05) is 0 Å². The van der Waals surface area contributed by atoms with Crippen molar-refractivity contribution in [3.8, 4) is 0 Å². The third-order valence-electron chi connectivity index (χ3n) is 11.5. The van der Waals surface area contributed by atoms with Crippen molar-refractivity contribution in [2.75, 3.05) is 19.8 Å². The zero-order valence-electron chi connectivity index (χ0n) is 38.6. The van der Waals surface area contributed by atoms with Gasteiger partial charge in [-0.15, -0.1) is 0 Å². The monoisotopic (exact) mass is 920 g/mol. The van der Waals surface area contributed by atoms with Crippen LogP contribution in [0.25, 0.3) is 6.08 Å². The van der Waals surface area contributed by atoms with Crippen LogP contribution in [0.3, 0.4) is 0 Å². The number of carbonyl (C=O) groups excluding carboxylic acids is 4. The van der Waals surface area contributed by atoms with Crippen LogP contribution in [0.4, 0.5) is 0 Å². The van der Waals surface area contributed by atoms with E-state index in [-0.39, 0.29) is 37.0 Å². The largest absolute Gasteiger partial charge is 0.460 e. The Morgan fingerprint density at radius 3 is 2.23 bits per heavy atom. The van der Waals surface area contributed by atoms with Crippen LogP contribution in [0, 0.1) is 0 Å². The van der Waals surface area contributed by atoms with Crippen molar-refractivity contribution < 1.29 is 78.2 Å². The number of rotatable bonds is 24. The first-order chi connectivity index (χ1) is 30.8. The molecule has 65 heavy (non-hydrogen) atoms. The molecule has 1 aliphatic carbocycles. The number of unbranched alkanes of at least 4 members (excludes halogenated alkanes) is 4. The maximum atomic E-state index is 14.1. The zero-order valence-corrected chi connectivity index (χ0v) is 38.6. The summed E-state index contributed by atoms with van der Waals surface area (Å²) >= 11 is 0. The average molecular weight is 921 g/mol. The van der Waals surface area contributed by atoms with Crippen LogP contribution < -0.4 is 10.6 Å². The molecule has 2 heterocycles. The summed E-state index contributed by atoms with van der Waals surface area (Å²) in [4.78, 5) is 54.0. The molecule has 8 N–H and O–H groups in total. The van der Waals surface area contributed by atoms with Gasteiger partial charge < -0.3 is 69.7 Å². The van der Waals surface area contributed by atoms with E-state index in [4.69, 9.17) is 28.4 Å². The first kappa shape index (κ1) is 53.8. The molecule has 0 saturated carbocycles. The standard InChI is InChI=1S/C47H72N2O16/c1-7-9-13-21-47(22-14-10-8-2)63-34-25-30(42(57)49-37(28(3)52)43(58)48-31(26-50)19-20-36(53)64-46(4,5)6)24-33(41(34)65-47)61-44(59)32-18-12-11-16-29(32)17-15-23-60-45-40(56)39(55)38(54)35(27-51)62-45/h11-12,15-18,25,28,31,33-35,37-41,45,50-52,54-56H,7-10,13-14,19-24,26-27H2,1-6H3,(H,48,58)(H,49,57). The number of ether oxygens (including phenoxy) is 6. The second kappa shape index (κ2) is 25.4.